The Balaban J connectivity index is 2.42. The standard InChI is InChI=1S/C6H12N2O/c1-4-5(6(7)9)3-8(4)2/h4-5H,3H2,1-2H3,(H2,7,9). The number of amides is 1. The van der Waals surface area contributed by atoms with Crippen LogP contribution in [0.25, 0.3) is 0 Å². The molecule has 1 aliphatic heterocycles. The summed E-state index contributed by atoms with van der Waals surface area (Å²) in [5.74, 6) is -0.0735. The van der Waals surface area contributed by atoms with Crippen molar-refractivity contribution in [1.82, 2.24) is 4.90 Å². The first-order valence-corrected chi connectivity index (χ1v) is 3.12. The second-order valence-corrected chi connectivity index (χ2v) is 2.69. The van der Waals surface area contributed by atoms with Gasteiger partial charge in [0.2, 0.25) is 5.91 Å². The van der Waals surface area contributed by atoms with Gasteiger partial charge in [0, 0.05) is 12.6 Å². The summed E-state index contributed by atoms with van der Waals surface area (Å²) in [6.07, 6.45) is 0. The van der Waals surface area contributed by atoms with E-state index in [2.05, 4.69) is 4.90 Å². The van der Waals surface area contributed by atoms with Crippen molar-refractivity contribution in [2.45, 2.75) is 13.0 Å². The van der Waals surface area contributed by atoms with E-state index in [0.29, 0.717) is 6.04 Å². The first-order chi connectivity index (χ1) is 4.13. The highest BCUT2D eigenvalue weighted by atomic mass is 16.1. The Bertz CT molecular complexity index is 135. The van der Waals surface area contributed by atoms with Crippen LogP contribution in [0.5, 0.6) is 0 Å². The first kappa shape index (κ1) is 6.55. The average Bonchev–Trinajstić information content (AvgIpc) is 1.81. The number of hydrogen-bond donors (Lipinski definition) is 1. The van der Waals surface area contributed by atoms with E-state index in [1.165, 1.54) is 0 Å². The third-order valence-electron chi connectivity index (χ3n) is 2.13. The molecule has 0 aromatic heterocycles. The molecule has 1 aliphatic rings. The maximum absolute atomic E-state index is 10.5. The van der Waals surface area contributed by atoms with Gasteiger partial charge in [-0.1, -0.05) is 0 Å². The van der Waals surface area contributed by atoms with Crippen LogP contribution in [0, 0.1) is 5.92 Å². The highest BCUT2D eigenvalue weighted by molar-refractivity contribution is 5.78. The fourth-order valence-electron chi connectivity index (χ4n) is 1.13. The molecule has 0 aliphatic carbocycles. The van der Waals surface area contributed by atoms with E-state index in [4.69, 9.17) is 5.73 Å². The van der Waals surface area contributed by atoms with Crippen LogP contribution in [-0.2, 0) is 4.79 Å². The number of rotatable bonds is 1. The lowest BCUT2D eigenvalue weighted by Gasteiger charge is -2.41. The molecule has 0 spiro atoms. The molecule has 0 saturated carbocycles. The van der Waals surface area contributed by atoms with Crippen molar-refractivity contribution in [3.63, 3.8) is 0 Å². The second kappa shape index (κ2) is 1.99. The SMILES string of the molecule is CC1C(C(N)=O)CN1C. The first-order valence-electron chi connectivity index (χ1n) is 3.12. The predicted molar refractivity (Wildman–Crippen MR) is 34.8 cm³/mol. The summed E-state index contributed by atoms with van der Waals surface area (Å²) in [4.78, 5) is 12.6. The van der Waals surface area contributed by atoms with Gasteiger partial charge < -0.3 is 10.6 Å². The lowest BCUT2D eigenvalue weighted by Crippen LogP contribution is -2.57. The van der Waals surface area contributed by atoms with Gasteiger partial charge in [0.25, 0.3) is 0 Å². The van der Waals surface area contributed by atoms with Crippen LogP contribution in [-0.4, -0.2) is 30.4 Å². The van der Waals surface area contributed by atoms with E-state index >= 15 is 0 Å². The Hall–Kier alpha value is -0.570. The fraction of sp³-hybridized carbons (Fsp3) is 0.833. The fourth-order valence-corrected chi connectivity index (χ4v) is 1.13. The molecule has 0 radical (unpaired) electrons. The number of carbonyl (C=O) groups excluding carboxylic acids is 1. The average molecular weight is 128 g/mol. The van der Waals surface area contributed by atoms with E-state index in [0.717, 1.165) is 6.54 Å². The van der Waals surface area contributed by atoms with Gasteiger partial charge in [-0.05, 0) is 14.0 Å². The molecule has 52 valence electrons. The van der Waals surface area contributed by atoms with Crippen LogP contribution in [0.1, 0.15) is 6.92 Å². The largest absolute Gasteiger partial charge is 0.369 e. The summed E-state index contributed by atoms with van der Waals surface area (Å²) < 4.78 is 0. The minimum absolute atomic E-state index is 0.0926. The van der Waals surface area contributed by atoms with Crippen LogP contribution >= 0.6 is 0 Å². The maximum atomic E-state index is 10.5. The molecule has 0 aromatic rings. The predicted octanol–water partition coefficient (Wildman–Crippen LogP) is -0.578. The van der Waals surface area contributed by atoms with Gasteiger partial charge in [-0.2, -0.15) is 0 Å². The molecule has 2 unspecified atom stereocenters. The number of hydrogen-bond acceptors (Lipinski definition) is 2. The third-order valence-corrected chi connectivity index (χ3v) is 2.13. The van der Waals surface area contributed by atoms with Gasteiger partial charge >= 0.3 is 0 Å². The third kappa shape index (κ3) is 0.920. The van der Waals surface area contributed by atoms with Gasteiger partial charge in [-0.3, -0.25) is 4.79 Å². The molecule has 0 bridgehead atoms. The number of nitrogens with two attached hydrogens (primary N) is 1. The van der Waals surface area contributed by atoms with Crippen molar-refractivity contribution in [2.24, 2.45) is 11.7 Å². The second-order valence-electron chi connectivity index (χ2n) is 2.69. The van der Waals surface area contributed by atoms with Gasteiger partial charge in [-0.25, -0.2) is 0 Å². The molecule has 1 saturated heterocycles. The zero-order chi connectivity index (χ0) is 7.02. The van der Waals surface area contributed by atoms with Crippen molar-refractivity contribution in [3.05, 3.63) is 0 Å². The zero-order valence-electron chi connectivity index (χ0n) is 5.79. The molecule has 1 rings (SSSR count). The molecular weight excluding hydrogens is 116 g/mol. The van der Waals surface area contributed by atoms with Crippen LogP contribution in [0.3, 0.4) is 0 Å². The van der Waals surface area contributed by atoms with Crippen LogP contribution in [0.15, 0.2) is 0 Å². The van der Waals surface area contributed by atoms with E-state index < -0.39 is 0 Å². The summed E-state index contributed by atoms with van der Waals surface area (Å²) in [5, 5.41) is 0. The van der Waals surface area contributed by atoms with Crippen molar-refractivity contribution < 1.29 is 4.79 Å². The highest BCUT2D eigenvalue weighted by Crippen LogP contribution is 2.20. The van der Waals surface area contributed by atoms with Gasteiger partial charge in [0.15, 0.2) is 0 Å². The molecule has 1 amide bonds. The summed E-state index contributed by atoms with van der Waals surface area (Å²) in [6.45, 7) is 2.84. The molecule has 3 heteroatoms. The summed E-state index contributed by atoms with van der Waals surface area (Å²) in [6, 6.07) is 0.350. The van der Waals surface area contributed by atoms with Crippen LogP contribution in [0.2, 0.25) is 0 Å². The number of nitrogens with zero attached hydrogens (tertiary/aromatic N) is 1. The molecule has 2 N–H and O–H groups in total. The van der Waals surface area contributed by atoms with Gasteiger partial charge in [-0.15, -0.1) is 0 Å². The van der Waals surface area contributed by atoms with E-state index in [9.17, 15) is 4.79 Å². The van der Waals surface area contributed by atoms with E-state index in [1.807, 2.05) is 14.0 Å². The molecule has 1 fully saturated rings. The quantitative estimate of drug-likeness (QED) is 0.513. The van der Waals surface area contributed by atoms with Crippen molar-refractivity contribution in [3.8, 4) is 0 Å². The lowest BCUT2D eigenvalue weighted by molar-refractivity contribution is -0.129. The zero-order valence-corrected chi connectivity index (χ0v) is 5.79. The number of carbonyl (C=O) groups is 1. The Labute approximate surface area is 54.8 Å². The minimum atomic E-state index is -0.166. The van der Waals surface area contributed by atoms with E-state index in [1.54, 1.807) is 0 Å². The van der Waals surface area contributed by atoms with Crippen molar-refractivity contribution in [2.75, 3.05) is 13.6 Å². The molecule has 9 heavy (non-hydrogen) atoms. The smallest absolute Gasteiger partial charge is 0.223 e. The Morgan fingerprint density at radius 1 is 1.78 bits per heavy atom. The number of likely N-dealkylation sites (tertiary alicyclic amines) is 1. The Kier molecular flexibility index (Phi) is 1.45. The highest BCUT2D eigenvalue weighted by Gasteiger charge is 2.36. The van der Waals surface area contributed by atoms with Crippen LogP contribution < -0.4 is 5.73 Å². The lowest BCUT2D eigenvalue weighted by atomic mass is 9.90. The normalized spacial score (nSPS) is 35.8. The molecule has 3 nitrogen and oxygen atoms in total. The van der Waals surface area contributed by atoms with E-state index in [-0.39, 0.29) is 11.8 Å². The maximum Gasteiger partial charge on any atom is 0.223 e. The molecule has 1 heterocycles. The number of primary amides is 1. The van der Waals surface area contributed by atoms with Crippen molar-refractivity contribution in [1.29, 1.82) is 0 Å². The summed E-state index contributed by atoms with van der Waals surface area (Å²) in [5.41, 5.74) is 5.08. The van der Waals surface area contributed by atoms with Crippen molar-refractivity contribution >= 4 is 5.91 Å². The van der Waals surface area contributed by atoms with Gasteiger partial charge in [0.05, 0.1) is 5.92 Å². The summed E-state index contributed by atoms with van der Waals surface area (Å²) in [7, 11) is 1.99. The molecular formula is C6H12N2O. The molecule has 0 aromatic carbocycles. The Morgan fingerprint density at radius 3 is 2.44 bits per heavy atom. The topological polar surface area (TPSA) is 46.3 Å². The molecule has 2 atom stereocenters. The Morgan fingerprint density at radius 2 is 2.33 bits per heavy atom. The summed E-state index contributed by atoms with van der Waals surface area (Å²) >= 11 is 0. The van der Waals surface area contributed by atoms with Crippen LogP contribution in [0.4, 0.5) is 0 Å². The van der Waals surface area contributed by atoms with Gasteiger partial charge in [0.1, 0.15) is 0 Å². The monoisotopic (exact) mass is 128 g/mol. The minimum Gasteiger partial charge on any atom is -0.369 e.